The summed E-state index contributed by atoms with van der Waals surface area (Å²) < 4.78 is 0. The van der Waals surface area contributed by atoms with Crippen LogP contribution < -0.4 is 32.7 Å². The number of hydrogen-bond donors (Lipinski definition) is 7. The van der Waals surface area contributed by atoms with Gasteiger partial charge in [0.1, 0.15) is 24.2 Å². The average Bonchev–Trinajstić information content (AvgIpc) is 3.09. The van der Waals surface area contributed by atoms with Gasteiger partial charge in [0.25, 0.3) is 0 Å². The first-order chi connectivity index (χ1) is 24.4. The molecular formula is C37H52N6O8. The zero-order valence-corrected chi connectivity index (χ0v) is 29.2. The Morgan fingerprint density at radius 3 is 1.51 bits per heavy atom. The quantitative estimate of drug-likeness (QED) is 0.0749. The van der Waals surface area contributed by atoms with Gasteiger partial charge in [-0.15, -0.1) is 0 Å². The van der Waals surface area contributed by atoms with E-state index in [0.29, 0.717) is 44.1 Å². The summed E-state index contributed by atoms with van der Waals surface area (Å²) in [7, 11) is 0. The molecule has 9 N–H and O–H groups in total. The summed E-state index contributed by atoms with van der Waals surface area (Å²) in [6, 6.07) is 13.6. The lowest BCUT2D eigenvalue weighted by molar-refractivity contribution is -0.142. The van der Waals surface area contributed by atoms with Crippen LogP contribution in [-0.2, 0) is 46.4 Å². The number of carbonyl (C=O) groups excluding carboxylic acids is 6. The fourth-order valence-electron chi connectivity index (χ4n) is 5.39. The van der Waals surface area contributed by atoms with Gasteiger partial charge >= 0.3 is 5.97 Å². The number of carboxylic acid groups (broad SMARTS) is 1. The Labute approximate surface area is 298 Å². The standard InChI is InChI=1S/C37H52N6O8/c1-2-3-19-27(35(48)42-28(34(39)47)22-25-15-9-7-10-16-25)40-32(45)20-13-5-4-6-14-21-33(46)41-29(24-31(38)44)36(49)43-30(37(50)51)23-26-17-11-8-12-18-26/h7-12,15-18,27-30H,2-6,13-14,19-24H2,1H3,(H2,38,44)(H2,39,47)(H,40,45)(H,41,46)(H,42,48)(H,43,49)(H,50,51)/t27-,28-,29-,30-/m0/s1. The van der Waals surface area contributed by atoms with Gasteiger partial charge in [0.15, 0.2) is 0 Å². The van der Waals surface area contributed by atoms with Crippen LogP contribution in [-0.4, -0.2) is 70.7 Å². The van der Waals surface area contributed by atoms with Crippen LogP contribution in [0.1, 0.15) is 88.7 Å². The molecule has 0 aliphatic rings. The fraction of sp³-hybridized carbons (Fsp3) is 0.486. The predicted molar refractivity (Wildman–Crippen MR) is 191 cm³/mol. The molecule has 0 aliphatic carbocycles. The minimum absolute atomic E-state index is 0.0160. The van der Waals surface area contributed by atoms with Crippen molar-refractivity contribution in [1.29, 1.82) is 0 Å². The van der Waals surface area contributed by atoms with E-state index in [1.807, 2.05) is 37.3 Å². The van der Waals surface area contributed by atoms with Crippen molar-refractivity contribution in [3.8, 4) is 0 Å². The SMILES string of the molecule is CCCC[C@H](NC(=O)CCCCCCCC(=O)N[C@@H](CC(N)=O)C(=O)N[C@@H](Cc1ccccc1)C(=O)O)C(=O)N[C@@H](Cc1ccccc1)C(N)=O. The van der Waals surface area contributed by atoms with E-state index in [1.165, 1.54) is 0 Å². The molecule has 0 saturated heterocycles. The number of amides is 6. The number of nitrogens with one attached hydrogen (secondary N) is 4. The lowest BCUT2D eigenvalue weighted by Gasteiger charge is -2.22. The topological polar surface area (TPSA) is 240 Å². The highest BCUT2D eigenvalue weighted by molar-refractivity contribution is 5.94. The van der Waals surface area contributed by atoms with Gasteiger partial charge in [-0.1, -0.05) is 99.7 Å². The molecule has 0 unspecified atom stereocenters. The van der Waals surface area contributed by atoms with Crippen molar-refractivity contribution in [2.45, 2.75) is 115 Å². The molecule has 2 aromatic rings. The van der Waals surface area contributed by atoms with Crippen molar-refractivity contribution in [2.75, 3.05) is 0 Å². The number of carbonyl (C=O) groups is 7. The van der Waals surface area contributed by atoms with Crippen LogP contribution in [0, 0.1) is 0 Å². The summed E-state index contributed by atoms with van der Waals surface area (Å²) in [5.41, 5.74) is 12.4. The molecule has 6 amide bonds. The van der Waals surface area contributed by atoms with Crippen molar-refractivity contribution in [1.82, 2.24) is 21.3 Å². The number of nitrogens with two attached hydrogens (primary N) is 2. The van der Waals surface area contributed by atoms with Gasteiger partial charge < -0.3 is 37.8 Å². The molecular weight excluding hydrogens is 656 g/mol. The van der Waals surface area contributed by atoms with Crippen LogP contribution in [0.5, 0.6) is 0 Å². The highest BCUT2D eigenvalue weighted by Crippen LogP contribution is 2.10. The Morgan fingerprint density at radius 2 is 1.04 bits per heavy atom. The average molecular weight is 709 g/mol. The molecule has 14 nitrogen and oxygen atoms in total. The first kappa shape index (κ1) is 41.9. The van der Waals surface area contributed by atoms with Crippen LogP contribution in [0.4, 0.5) is 0 Å². The third-order valence-electron chi connectivity index (χ3n) is 8.20. The van der Waals surface area contributed by atoms with Crippen molar-refractivity contribution in [3.05, 3.63) is 71.8 Å². The zero-order chi connectivity index (χ0) is 37.6. The Hall–Kier alpha value is -5.27. The third-order valence-corrected chi connectivity index (χ3v) is 8.20. The molecule has 0 saturated carbocycles. The van der Waals surface area contributed by atoms with Crippen LogP contribution in [0.15, 0.2) is 60.7 Å². The van der Waals surface area contributed by atoms with E-state index < -0.39 is 66.1 Å². The molecule has 0 aromatic heterocycles. The van der Waals surface area contributed by atoms with Crippen LogP contribution in [0.3, 0.4) is 0 Å². The molecule has 0 aliphatic heterocycles. The lowest BCUT2D eigenvalue weighted by atomic mass is 10.0. The molecule has 14 heteroatoms. The molecule has 4 atom stereocenters. The number of carboxylic acids is 1. The van der Waals surface area contributed by atoms with E-state index in [4.69, 9.17) is 11.5 Å². The second kappa shape index (κ2) is 23.2. The Morgan fingerprint density at radius 1 is 0.588 bits per heavy atom. The van der Waals surface area contributed by atoms with E-state index in [1.54, 1.807) is 30.3 Å². The first-order valence-corrected chi connectivity index (χ1v) is 17.5. The number of unbranched alkanes of at least 4 members (excludes halogenated alkanes) is 5. The van der Waals surface area contributed by atoms with E-state index in [0.717, 1.165) is 18.4 Å². The normalized spacial score (nSPS) is 13.1. The van der Waals surface area contributed by atoms with Crippen molar-refractivity contribution in [3.63, 3.8) is 0 Å². The van der Waals surface area contributed by atoms with Crippen molar-refractivity contribution in [2.24, 2.45) is 11.5 Å². The first-order valence-electron chi connectivity index (χ1n) is 17.5. The molecule has 0 spiro atoms. The number of hydrogen-bond acceptors (Lipinski definition) is 7. The van der Waals surface area contributed by atoms with Gasteiger partial charge in [-0.25, -0.2) is 4.79 Å². The van der Waals surface area contributed by atoms with Crippen molar-refractivity contribution < 1.29 is 38.7 Å². The number of aliphatic carboxylic acids is 1. The maximum atomic E-state index is 13.1. The molecule has 2 aromatic carbocycles. The molecule has 0 fully saturated rings. The minimum Gasteiger partial charge on any atom is -0.480 e. The van der Waals surface area contributed by atoms with E-state index in [9.17, 15) is 38.7 Å². The summed E-state index contributed by atoms with van der Waals surface area (Å²) in [6.45, 7) is 1.98. The maximum absolute atomic E-state index is 13.1. The van der Waals surface area contributed by atoms with E-state index in [2.05, 4.69) is 21.3 Å². The van der Waals surface area contributed by atoms with Gasteiger partial charge in [0.05, 0.1) is 6.42 Å². The maximum Gasteiger partial charge on any atom is 0.326 e. The zero-order valence-electron chi connectivity index (χ0n) is 29.2. The molecule has 0 bridgehead atoms. The van der Waals surface area contributed by atoms with E-state index >= 15 is 0 Å². The van der Waals surface area contributed by atoms with Gasteiger partial charge in [0.2, 0.25) is 35.4 Å². The fourth-order valence-corrected chi connectivity index (χ4v) is 5.39. The number of benzene rings is 2. The second-order valence-electron chi connectivity index (χ2n) is 12.6. The largest absolute Gasteiger partial charge is 0.480 e. The van der Waals surface area contributed by atoms with Crippen molar-refractivity contribution >= 4 is 41.4 Å². The summed E-state index contributed by atoms with van der Waals surface area (Å²) in [4.78, 5) is 86.6. The number of primary amides is 2. The summed E-state index contributed by atoms with van der Waals surface area (Å²) in [6.07, 6.45) is 5.12. The molecule has 0 heterocycles. The minimum atomic E-state index is -1.32. The van der Waals surface area contributed by atoms with Crippen LogP contribution in [0.25, 0.3) is 0 Å². The van der Waals surface area contributed by atoms with Gasteiger partial charge in [0, 0.05) is 25.7 Å². The Balaban J connectivity index is 1.75. The number of rotatable bonds is 25. The summed E-state index contributed by atoms with van der Waals surface area (Å²) >= 11 is 0. The highest BCUT2D eigenvalue weighted by atomic mass is 16.4. The monoisotopic (exact) mass is 708 g/mol. The second-order valence-corrected chi connectivity index (χ2v) is 12.6. The Bertz CT molecular complexity index is 1440. The highest BCUT2D eigenvalue weighted by Gasteiger charge is 2.28. The predicted octanol–water partition coefficient (Wildman–Crippen LogP) is 1.78. The smallest absolute Gasteiger partial charge is 0.326 e. The van der Waals surface area contributed by atoms with Crippen LogP contribution in [0.2, 0.25) is 0 Å². The van der Waals surface area contributed by atoms with Gasteiger partial charge in [-0.05, 0) is 30.4 Å². The van der Waals surface area contributed by atoms with Crippen LogP contribution >= 0.6 is 0 Å². The lowest BCUT2D eigenvalue weighted by Crippen LogP contribution is -2.53. The summed E-state index contributed by atoms with van der Waals surface area (Å²) in [5, 5.41) is 20.0. The third kappa shape index (κ3) is 17.3. The molecule has 51 heavy (non-hydrogen) atoms. The molecule has 278 valence electrons. The Kier molecular flexibility index (Phi) is 19.1. The molecule has 0 radical (unpaired) electrons. The van der Waals surface area contributed by atoms with Gasteiger partial charge in [-0.2, -0.15) is 0 Å². The summed E-state index contributed by atoms with van der Waals surface area (Å²) in [5.74, 6) is -4.79. The van der Waals surface area contributed by atoms with E-state index in [-0.39, 0.29) is 31.6 Å². The van der Waals surface area contributed by atoms with Gasteiger partial charge in [-0.3, -0.25) is 28.8 Å². The molecule has 2 rings (SSSR count).